The summed E-state index contributed by atoms with van der Waals surface area (Å²) in [4.78, 5) is 22.7. The molecule has 0 saturated carbocycles. The van der Waals surface area contributed by atoms with Gasteiger partial charge in [0.15, 0.2) is 5.84 Å². The Morgan fingerprint density at radius 3 is 2.71 bits per heavy atom. The van der Waals surface area contributed by atoms with Crippen molar-refractivity contribution in [2.24, 2.45) is 17.0 Å². The average molecular weight is 389 g/mol. The van der Waals surface area contributed by atoms with Crippen LogP contribution in [0, 0.1) is 0 Å². The molecule has 0 amide bonds. The third kappa shape index (κ3) is 3.52. The first-order valence-electron chi connectivity index (χ1n) is 8.48. The number of fused-ring (bicyclic) bond motifs is 1. The smallest absolute Gasteiger partial charge is 0.172 e. The predicted molar refractivity (Wildman–Crippen MR) is 118 cm³/mol. The van der Waals surface area contributed by atoms with Gasteiger partial charge in [0.1, 0.15) is 10.7 Å². The minimum Gasteiger partial charge on any atom is -0.350 e. The molecule has 0 N–H and O–H groups in total. The number of aliphatic imine (C=N–C) groups is 2. The average Bonchev–Trinajstić information content (AvgIpc) is 3.38. The lowest BCUT2D eigenvalue weighted by molar-refractivity contribution is 0.968. The van der Waals surface area contributed by atoms with Gasteiger partial charge in [-0.2, -0.15) is 0 Å². The van der Waals surface area contributed by atoms with E-state index in [1.54, 1.807) is 24.6 Å². The van der Waals surface area contributed by atoms with Gasteiger partial charge in [-0.1, -0.05) is 0 Å². The first-order chi connectivity index (χ1) is 13.7. The zero-order chi connectivity index (χ0) is 20.1. The van der Waals surface area contributed by atoms with Gasteiger partial charge in [-0.25, -0.2) is 15.0 Å². The van der Waals surface area contributed by atoms with Crippen molar-refractivity contribution in [3.05, 3.63) is 67.9 Å². The van der Waals surface area contributed by atoms with Crippen molar-refractivity contribution in [3.8, 4) is 21.1 Å². The second-order valence-corrected chi connectivity index (χ2v) is 6.72. The van der Waals surface area contributed by atoms with Gasteiger partial charge < -0.3 is 4.57 Å². The van der Waals surface area contributed by atoms with Crippen LogP contribution < -0.4 is 0 Å². The third-order valence-corrected chi connectivity index (χ3v) is 5.17. The molecule has 4 heterocycles. The van der Waals surface area contributed by atoms with Crippen molar-refractivity contribution in [2.75, 3.05) is 7.05 Å². The van der Waals surface area contributed by atoms with Crippen LogP contribution in [0.25, 0.3) is 32.0 Å². The third-order valence-electron chi connectivity index (χ3n) is 4.12. The van der Waals surface area contributed by atoms with Crippen LogP contribution in [0.2, 0.25) is 0 Å². The largest absolute Gasteiger partial charge is 0.350 e. The molecule has 4 rings (SSSR count). The molecule has 0 saturated heterocycles. The SMILES string of the molecule is C=C.C=NC(=NC)c1cc2c(ccn2C)c(-c2cnc(-c3cccnc3)s2)n1. The Kier molecular flexibility index (Phi) is 5.86. The number of pyridine rings is 2. The van der Waals surface area contributed by atoms with Crippen LogP contribution in [0.5, 0.6) is 0 Å². The maximum absolute atomic E-state index is 4.81. The number of thiazole rings is 1. The summed E-state index contributed by atoms with van der Waals surface area (Å²) in [7, 11) is 3.70. The summed E-state index contributed by atoms with van der Waals surface area (Å²) in [5.74, 6) is 0.520. The van der Waals surface area contributed by atoms with Crippen molar-refractivity contribution in [3.63, 3.8) is 0 Å². The van der Waals surface area contributed by atoms with Crippen LogP contribution in [-0.2, 0) is 7.05 Å². The molecule has 7 heteroatoms. The molecule has 0 aliphatic heterocycles. The van der Waals surface area contributed by atoms with Crippen LogP contribution in [0.1, 0.15) is 5.69 Å². The highest BCUT2D eigenvalue weighted by atomic mass is 32.1. The van der Waals surface area contributed by atoms with E-state index in [2.05, 4.69) is 50.5 Å². The number of aryl methyl sites for hydroxylation is 1. The Bertz CT molecular complexity index is 1140. The Morgan fingerprint density at radius 1 is 1.21 bits per heavy atom. The summed E-state index contributed by atoms with van der Waals surface area (Å²) >= 11 is 1.59. The summed E-state index contributed by atoms with van der Waals surface area (Å²) < 4.78 is 2.06. The van der Waals surface area contributed by atoms with Gasteiger partial charge in [0.25, 0.3) is 0 Å². The molecule has 4 aromatic heterocycles. The van der Waals surface area contributed by atoms with Crippen LogP contribution in [-0.4, -0.2) is 39.1 Å². The summed E-state index contributed by atoms with van der Waals surface area (Å²) in [6, 6.07) is 7.96. The lowest BCUT2D eigenvalue weighted by Gasteiger charge is -2.06. The molecular weight excluding hydrogens is 368 g/mol. The minimum absolute atomic E-state index is 0.520. The second kappa shape index (κ2) is 8.49. The zero-order valence-electron chi connectivity index (χ0n) is 15.8. The van der Waals surface area contributed by atoms with Crippen molar-refractivity contribution in [2.45, 2.75) is 0 Å². The van der Waals surface area contributed by atoms with E-state index in [4.69, 9.17) is 4.98 Å². The lowest BCUT2D eigenvalue weighted by atomic mass is 10.2. The number of hydrogen-bond donors (Lipinski definition) is 0. The fourth-order valence-corrected chi connectivity index (χ4v) is 3.75. The molecule has 0 fully saturated rings. The normalized spacial score (nSPS) is 11.1. The summed E-state index contributed by atoms with van der Waals surface area (Å²) in [5, 5.41) is 1.98. The van der Waals surface area contributed by atoms with E-state index >= 15 is 0 Å². The highest BCUT2D eigenvalue weighted by Gasteiger charge is 2.16. The molecule has 0 atom stereocenters. The molecule has 0 radical (unpaired) electrons. The molecule has 0 unspecified atom stereocenters. The molecule has 6 nitrogen and oxygen atoms in total. The second-order valence-electron chi connectivity index (χ2n) is 5.69. The van der Waals surface area contributed by atoms with Crippen LogP contribution in [0.4, 0.5) is 0 Å². The summed E-state index contributed by atoms with van der Waals surface area (Å²) in [6.07, 6.45) is 7.45. The van der Waals surface area contributed by atoms with E-state index in [-0.39, 0.29) is 0 Å². The van der Waals surface area contributed by atoms with Gasteiger partial charge in [-0.3, -0.25) is 9.98 Å². The van der Waals surface area contributed by atoms with E-state index in [9.17, 15) is 0 Å². The molecule has 0 spiro atoms. The fraction of sp³-hybridized carbons (Fsp3) is 0.0952. The van der Waals surface area contributed by atoms with E-state index in [0.29, 0.717) is 11.5 Å². The van der Waals surface area contributed by atoms with E-state index in [0.717, 1.165) is 32.0 Å². The summed E-state index contributed by atoms with van der Waals surface area (Å²) in [6.45, 7) is 9.60. The number of aromatic nitrogens is 4. The number of hydrogen-bond acceptors (Lipinski definition) is 5. The Balaban J connectivity index is 0.00000109. The first kappa shape index (κ1) is 19.3. The van der Waals surface area contributed by atoms with E-state index in [1.807, 2.05) is 43.8 Å². The number of rotatable bonds is 3. The number of nitrogens with zero attached hydrogens (tertiary/aromatic N) is 6. The Morgan fingerprint density at radius 2 is 2.04 bits per heavy atom. The van der Waals surface area contributed by atoms with Gasteiger partial charge >= 0.3 is 0 Å². The van der Waals surface area contributed by atoms with Crippen LogP contribution >= 0.6 is 11.3 Å². The quantitative estimate of drug-likeness (QED) is 0.292. The first-order valence-corrected chi connectivity index (χ1v) is 9.29. The van der Waals surface area contributed by atoms with Crippen molar-refractivity contribution >= 4 is 34.8 Å². The molecule has 0 aromatic carbocycles. The van der Waals surface area contributed by atoms with Crippen molar-refractivity contribution < 1.29 is 0 Å². The van der Waals surface area contributed by atoms with E-state index < -0.39 is 0 Å². The Labute approximate surface area is 167 Å². The zero-order valence-corrected chi connectivity index (χ0v) is 16.6. The van der Waals surface area contributed by atoms with Gasteiger partial charge in [0.2, 0.25) is 0 Å². The predicted octanol–water partition coefficient (Wildman–Crippen LogP) is 4.64. The monoisotopic (exact) mass is 388 g/mol. The molecule has 28 heavy (non-hydrogen) atoms. The van der Waals surface area contributed by atoms with Crippen LogP contribution in [0.15, 0.2) is 72.2 Å². The molecule has 0 aliphatic rings. The number of amidine groups is 1. The minimum atomic E-state index is 0.520. The molecule has 4 aromatic rings. The molecular formula is C21H20N6S. The van der Waals surface area contributed by atoms with E-state index in [1.165, 1.54) is 0 Å². The topological polar surface area (TPSA) is 68.3 Å². The molecule has 140 valence electrons. The molecule has 0 bridgehead atoms. The van der Waals surface area contributed by atoms with Gasteiger partial charge in [0.05, 0.1) is 16.1 Å². The van der Waals surface area contributed by atoms with Gasteiger partial charge in [-0.05, 0) is 31.0 Å². The maximum atomic E-state index is 4.81. The highest BCUT2D eigenvalue weighted by Crippen LogP contribution is 2.35. The molecule has 0 aliphatic carbocycles. The lowest BCUT2D eigenvalue weighted by Crippen LogP contribution is -2.02. The maximum Gasteiger partial charge on any atom is 0.172 e. The summed E-state index contributed by atoms with van der Waals surface area (Å²) in [5.41, 5.74) is 3.62. The van der Waals surface area contributed by atoms with Crippen LogP contribution in [0.3, 0.4) is 0 Å². The standard InChI is InChI=1S/C19H16N6S.C2H4/c1-20-18(21-2)14-9-15-13(6-8-25(15)3)17(24-14)16-11-23-19(26-16)12-5-4-7-22-10-12;1-2/h4-11H,1H2,2-3H3;1-2H2. The van der Waals surface area contributed by atoms with Crippen molar-refractivity contribution in [1.82, 2.24) is 19.5 Å². The van der Waals surface area contributed by atoms with Crippen molar-refractivity contribution in [1.29, 1.82) is 0 Å². The van der Waals surface area contributed by atoms with Gasteiger partial charge in [-0.15, -0.1) is 24.5 Å². The Hall–Kier alpha value is -3.45. The fourth-order valence-electron chi connectivity index (χ4n) is 2.84. The highest BCUT2D eigenvalue weighted by molar-refractivity contribution is 7.18. The van der Waals surface area contributed by atoms with Gasteiger partial charge in [0, 0.05) is 49.8 Å².